The number of aromatic carboxylic acids is 1. The van der Waals surface area contributed by atoms with E-state index in [1.54, 1.807) is 6.07 Å². The Balaban J connectivity index is 2.99. The van der Waals surface area contributed by atoms with Gasteiger partial charge >= 0.3 is 5.97 Å². The summed E-state index contributed by atoms with van der Waals surface area (Å²) in [4.78, 5) is 15.1. The lowest BCUT2D eigenvalue weighted by molar-refractivity contribution is 0.0697. The third-order valence-electron chi connectivity index (χ3n) is 2.56. The van der Waals surface area contributed by atoms with Gasteiger partial charge in [-0.1, -0.05) is 13.8 Å². The van der Waals surface area contributed by atoms with Gasteiger partial charge in [-0.15, -0.1) is 11.6 Å². The van der Waals surface area contributed by atoms with Gasteiger partial charge in [0.15, 0.2) is 0 Å². The molecule has 0 amide bonds. The molecule has 0 atom stereocenters. The number of ether oxygens (including phenoxy) is 1. The summed E-state index contributed by atoms with van der Waals surface area (Å²) in [6.07, 6.45) is 0.898. The SMILES string of the molecule is CC(C)CCOc1ccc(C(=O)O)cc1N=C(N)CCl. The van der Waals surface area contributed by atoms with Gasteiger partial charge in [-0.25, -0.2) is 9.79 Å². The summed E-state index contributed by atoms with van der Waals surface area (Å²) in [7, 11) is 0. The van der Waals surface area contributed by atoms with Crippen molar-refractivity contribution in [2.24, 2.45) is 16.6 Å². The zero-order chi connectivity index (χ0) is 15.1. The maximum Gasteiger partial charge on any atom is 0.335 e. The second-order valence-electron chi connectivity index (χ2n) is 4.76. The van der Waals surface area contributed by atoms with Crippen LogP contribution in [0.3, 0.4) is 0 Å². The summed E-state index contributed by atoms with van der Waals surface area (Å²) in [5, 5.41) is 8.99. The number of rotatable bonds is 7. The van der Waals surface area contributed by atoms with Crippen LogP contribution < -0.4 is 10.5 Å². The fraction of sp³-hybridized carbons (Fsp3) is 0.429. The van der Waals surface area contributed by atoms with E-state index in [2.05, 4.69) is 18.8 Å². The summed E-state index contributed by atoms with van der Waals surface area (Å²) in [5.41, 5.74) is 6.10. The van der Waals surface area contributed by atoms with Crippen LogP contribution in [-0.2, 0) is 0 Å². The van der Waals surface area contributed by atoms with Crippen molar-refractivity contribution in [1.82, 2.24) is 0 Å². The number of amidine groups is 1. The fourth-order valence-electron chi connectivity index (χ4n) is 1.45. The van der Waals surface area contributed by atoms with Gasteiger partial charge in [0.2, 0.25) is 0 Å². The lowest BCUT2D eigenvalue weighted by Crippen LogP contribution is -2.12. The van der Waals surface area contributed by atoms with E-state index < -0.39 is 5.97 Å². The van der Waals surface area contributed by atoms with Crippen LogP contribution in [0, 0.1) is 5.92 Å². The minimum absolute atomic E-state index is 0.0722. The van der Waals surface area contributed by atoms with Gasteiger partial charge < -0.3 is 15.6 Å². The number of nitrogens with two attached hydrogens (primary N) is 1. The number of carboxylic acid groups (broad SMARTS) is 1. The first kappa shape index (κ1) is 16.3. The number of nitrogens with zero attached hydrogens (tertiary/aromatic N) is 1. The molecule has 0 aromatic heterocycles. The summed E-state index contributed by atoms with van der Waals surface area (Å²) in [6.45, 7) is 4.73. The van der Waals surface area contributed by atoms with Crippen LogP contribution in [0.5, 0.6) is 5.75 Å². The lowest BCUT2D eigenvalue weighted by atomic mass is 10.1. The van der Waals surface area contributed by atoms with E-state index in [1.807, 2.05) is 0 Å². The van der Waals surface area contributed by atoms with E-state index in [-0.39, 0.29) is 17.3 Å². The van der Waals surface area contributed by atoms with Crippen molar-refractivity contribution in [3.8, 4) is 5.75 Å². The van der Waals surface area contributed by atoms with Crippen molar-refractivity contribution >= 4 is 29.1 Å². The van der Waals surface area contributed by atoms with Crippen LogP contribution in [0.15, 0.2) is 23.2 Å². The third kappa shape index (κ3) is 5.09. The molecule has 0 saturated heterocycles. The number of alkyl halides is 1. The Labute approximate surface area is 123 Å². The summed E-state index contributed by atoms with van der Waals surface area (Å²) in [6, 6.07) is 4.49. The number of carboxylic acids is 1. The van der Waals surface area contributed by atoms with Gasteiger partial charge in [-0.3, -0.25) is 0 Å². The maximum atomic E-state index is 11.0. The first-order chi connectivity index (χ1) is 9.43. The molecule has 20 heavy (non-hydrogen) atoms. The van der Waals surface area contributed by atoms with Gasteiger partial charge in [0, 0.05) is 0 Å². The Bertz CT molecular complexity index is 501. The van der Waals surface area contributed by atoms with Crippen molar-refractivity contribution in [2.45, 2.75) is 20.3 Å². The highest BCUT2D eigenvalue weighted by Gasteiger charge is 2.10. The molecule has 110 valence electrons. The number of hydrogen-bond acceptors (Lipinski definition) is 3. The van der Waals surface area contributed by atoms with E-state index >= 15 is 0 Å². The summed E-state index contributed by atoms with van der Waals surface area (Å²) in [5.74, 6) is 0.280. The molecule has 0 fully saturated rings. The third-order valence-corrected chi connectivity index (χ3v) is 2.83. The Morgan fingerprint density at radius 1 is 1.50 bits per heavy atom. The monoisotopic (exact) mass is 298 g/mol. The Morgan fingerprint density at radius 3 is 2.75 bits per heavy atom. The molecule has 1 aromatic rings. The molecule has 5 nitrogen and oxygen atoms in total. The molecule has 0 unspecified atom stereocenters. The topological polar surface area (TPSA) is 84.9 Å². The average Bonchev–Trinajstić information content (AvgIpc) is 2.39. The second-order valence-corrected chi connectivity index (χ2v) is 5.02. The second kappa shape index (κ2) is 7.75. The van der Waals surface area contributed by atoms with Crippen LogP contribution in [0.25, 0.3) is 0 Å². The van der Waals surface area contributed by atoms with Gasteiger partial charge in [0.25, 0.3) is 0 Å². The van der Waals surface area contributed by atoms with Crippen LogP contribution in [0.2, 0.25) is 0 Å². The summed E-state index contributed by atoms with van der Waals surface area (Å²) >= 11 is 5.59. The first-order valence-electron chi connectivity index (χ1n) is 6.33. The molecule has 3 N–H and O–H groups in total. The van der Waals surface area contributed by atoms with E-state index in [0.29, 0.717) is 24.0 Å². The molecule has 0 spiro atoms. The maximum absolute atomic E-state index is 11.0. The molecule has 1 rings (SSSR count). The van der Waals surface area contributed by atoms with Crippen LogP contribution in [-0.4, -0.2) is 29.4 Å². The molecule has 0 saturated carbocycles. The highest BCUT2D eigenvalue weighted by atomic mass is 35.5. The normalized spacial score (nSPS) is 11.7. The minimum Gasteiger partial charge on any atom is -0.491 e. The van der Waals surface area contributed by atoms with Crippen molar-refractivity contribution in [3.05, 3.63) is 23.8 Å². The quantitative estimate of drug-likeness (QED) is 0.460. The number of carbonyl (C=O) groups is 1. The fourth-order valence-corrected chi connectivity index (χ4v) is 1.51. The molecule has 0 heterocycles. The van der Waals surface area contributed by atoms with Crippen molar-refractivity contribution in [2.75, 3.05) is 12.5 Å². The van der Waals surface area contributed by atoms with E-state index in [1.165, 1.54) is 12.1 Å². The number of benzene rings is 1. The predicted molar refractivity (Wildman–Crippen MR) is 80.4 cm³/mol. The summed E-state index contributed by atoms with van der Waals surface area (Å²) < 4.78 is 5.63. The van der Waals surface area contributed by atoms with Gasteiger partial charge in [-0.05, 0) is 30.5 Å². The smallest absolute Gasteiger partial charge is 0.335 e. The average molecular weight is 299 g/mol. The van der Waals surface area contributed by atoms with Gasteiger partial charge in [0.1, 0.15) is 17.3 Å². The van der Waals surface area contributed by atoms with E-state index in [4.69, 9.17) is 27.2 Å². The van der Waals surface area contributed by atoms with Gasteiger partial charge in [-0.2, -0.15) is 0 Å². The molecule has 0 aliphatic carbocycles. The minimum atomic E-state index is -1.03. The molecule has 0 radical (unpaired) electrons. The Morgan fingerprint density at radius 2 is 2.20 bits per heavy atom. The number of halogens is 1. The molecule has 1 aromatic carbocycles. The Hall–Kier alpha value is -1.75. The molecule has 0 aliphatic heterocycles. The standard InChI is InChI=1S/C14H19ClN2O3/c1-9(2)5-6-20-12-4-3-10(14(18)19)7-11(12)17-13(16)8-15/h3-4,7,9H,5-6,8H2,1-2H3,(H2,16,17)(H,18,19). The van der Waals surface area contributed by atoms with Crippen LogP contribution in [0.1, 0.15) is 30.6 Å². The molecular weight excluding hydrogens is 280 g/mol. The Kier molecular flexibility index (Phi) is 6.31. The molecule has 6 heteroatoms. The van der Waals surface area contributed by atoms with Crippen LogP contribution >= 0.6 is 11.6 Å². The number of aliphatic imine (C=N–C) groups is 1. The predicted octanol–water partition coefficient (Wildman–Crippen LogP) is 3.04. The lowest BCUT2D eigenvalue weighted by Gasteiger charge is -2.11. The first-order valence-corrected chi connectivity index (χ1v) is 6.86. The van der Waals surface area contributed by atoms with E-state index in [0.717, 1.165) is 6.42 Å². The highest BCUT2D eigenvalue weighted by molar-refractivity contribution is 6.28. The molecule has 0 bridgehead atoms. The zero-order valence-electron chi connectivity index (χ0n) is 11.6. The molecular formula is C14H19ClN2O3. The highest BCUT2D eigenvalue weighted by Crippen LogP contribution is 2.29. The van der Waals surface area contributed by atoms with Crippen LogP contribution in [0.4, 0.5) is 5.69 Å². The zero-order valence-corrected chi connectivity index (χ0v) is 12.4. The van der Waals surface area contributed by atoms with Gasteiger partial charge in [0.05, 0.1) is 18.1 Å². The van der Waals surface area contributed by atoms with Crippen molar-refractivity contribution in [3.63, 3.8) is 0 Å². The molecule has 0 aliphatic rings. The largest absolute Gasteiger partial charge is 0.491 e. The van der Waals surface area contributed by atoms with Crippen molar-refractivity contribution in [1.29, 1.82) is 0 Å². The number of hydrogen-bond donors (Lipinski definition) is 2. The van der Waals surface area contributed by atoms with E-state index in [9.17, 15) is 4.79 Å². The van der Waals surface area contributed by atoms with Crippen molar-refractivity contribution < 1.29 is 14.6 Å².